The van der Waals surface area contributed by atoms with Gasteiger partial charge in [-0.1, -0.05) is 18.2 Å². The molecule has 0 aliphatic carbocycles. The second-order valence-electron chi connectivity index (χ2n) is 6.42. The zero-order chi connectivity index (χ0) is 17.9. The molecule has 0 radical (unpaired) electrons. The molecule has 6 heteroatoms. The van der Waals surface area contributed by atoms with Gasteiger partial charge in [0, 0.05) is 18.3 Å². The fourth-order valence-electron chi connectivity index (χ4n) is 3.11. The molecule has 1 aliphatic rings. The zero-order valence-corrected chi connectivity index (χ0v) is 14.2. The van der Waals surface area contributed by atoms with Gasteiger partial charge in [-0.2, -0.15) is 5.10 Å². The van der Waals surface area contributed by atoms with E-state index in [2.05, 4.69) is 15.7 Å². The number of carbonyl (C=O) groups excluding carboxylic acids is 1. The van der Waals surface area contributed by atoms with Gasteiger partial charge in [-0.15, -0.1) is 0 Å². The Morgan fingerprint density at radius 1 is 1.19 bits per heavy atom. The van der Waals surface area contributed by atoms with Gasteiger partial charge >= 0.3 is 0 Å². The highest BCUT2D eigenvalue weighted by Crippen LogP contribution is 2.17. The first-order valence-electron chi connectivity index (χ1n) is 8.58. The van der Waals surface area contributed by atoms with Crippen molar-refractivity contribution in [3.8, 4) is 0 Å². The number of hydrogen-bond acceptors (Lipinski definition) is 3. The Labute approximate surface area is 150 Å². The summed E-state index contributed by atoms with van der Waals surface area (Å²) >= 11 is 0. The monoisotopic (exact) mass is 350 g/mol. The topological polar surface area (TPSA) is 59.0 Å². The first kappa shape index (κ1) is 16.5. The van der Waals surface area contributed by atoms with E-state index < -0.39 is 0 Å². The Bertz CT molecular complexity index is 933. The lowest BCUT2D eigenvalue weighted by Crippen LogP contribution is -2.24. The fourth-order valence-corrected chi connectivity index (χ4v) is 3.11. The second kappa shape index (κ2) is 7.09. The number of aromatic nitrogens is 2. The third-order valence-corrected chi connectivity index (χ3v) is 4.50. The lowest BCUT2D eigenvalue weighted by molar-refractivity contribution is 0.102. The van der Waals surface area contributed by atoms with Crippen LogP contribution in [0.5, 0.6) is 0 Å². The average Bonchev–Trinajstić information content (AvgIpc) is 3.10. The summed E-state index contributed by atoms with van der Waals surface area (Å²) in [7, 11) is 0. The van der Waals surface area contributed by atoms with Crippen molar-refractivity contribution in [3.05, 3.63) is 82.9 Å². The van der Waals surface area contributed by atoms with Gasteiger partial charge in [0.15, 0.2) is 0 Å². The van der Waals surface area contributed by atoms with Crippen molar-refractivity contribution >= 4 is 11.6 Å². The molecule has 3 aromatic rings. The molecular formula is C20H19FN4O. The van der Waals surface area contributed by atoms with Gasteiger partial charge in [0.1, 0.15) is 5.82 Å². The number of rotatable bonds is 4. The summed E-state index contributed by atoms with van der Waals surface area (Å²) in [5.74, 6) is -0.407. The van der Waals surface area contributed by atoms with Crippen molar-refractivity contribution in [3.63, 3.8) is 0 Å². The normalized spacial score (nSPS) is 13.3. The van der Waals surface area contributed by atoms with Crippen LogP contribution in [-0.4, -0.2) is 22.2 Å². The maximum Gasteiger partial charge on any atom is 0.255 e. The molecule has 0 bridgehead atoms. The van der Waals surface area contributed by atoms with Crippen molar-refractivity contribution in [2.75, 3.05) is 11.9 Å². The van der Waals surface area contributed by atoms with Gasteiger partial charge in [-0.05, 0) is 53.9 Å². The van der Waals surface area contributed by atoms with Crippen LogP contribution in [0.4, 0.5) is 10.1 Å². The van der Waals surface area contributed by atoms with Gasteiger partial charge in [-0.25, -0.2) is 4.39 Å². The highest BCUT2D eigenvalue weighted by atomic mass is 19.1. The molecule has 5 nitrogen and oxygen atoms in total. The minimum Gasteiger partial charge on any atom is -0.319 e. The molecule has 0 unspecified atom stereocenters. The van der Waals surface area contributed by atoms with E-state index in [-0.39, 0.29) is 11.7 Å². The summed E-state index contributed by atoms with van der Waals surface area (Å²) in [6, 6.07) is 12.1. The van der Waals surface area contributed by atoms with Gasteiger partial charge in [0.2, 0.25) is 0 Å². The Kier molecular flexibility index (Phi) is 4.50. The number of fused-ring (bicyclic) bond motifs is 1. The number of benzene rings is 2. The molecule has 132 valence electrons. The molecule has 1 amide bonds. The predicted molar refractivity (Wildman–Crippen MR) is 97.5 cm³/mol. The SMILES string of the molecule is O=C(Nc1cnn(Cc2ccc(F)cc2)c1)c1ccc2c(c1)CCNC2. The molecule has 0 saturated heterocycles. The number of halogens is 1. The van der Waals surface area contributed by atoms with E-state index in [1.807, 2.05) is 18.2 Å². The number of nitrogens with zero attached hydrogens (tertiary/aromatic N) is 2. The quantitative estimate of drug-likeness (QED) is 0.761. The van der Waals surface area contributed by atoms with Crippen molar-refractivity contribution < 1.29 is 9.18 Å². The molecule has 1 aromatic heterocycles. The Balaban J connectivity index is 1.43. The molecule has 2 heterocycles. The van der Waals surface area contributed by atoms with Crippen molar-refractivity contribution in [1.29, 1.82) is 0 Å². The van der Waals surface area contributed by atoms with Crippen molar-refractivity contribution in [2.24, 2.45) is 0 Å². The van der Waals surface area contributed by atoms with E-state index in [1.54, 1.807) is 29.2 Å². The van der Waals surface area contributed by atoms with Gasteiger partial charge in [0.25, 0.3) is 5.91 Å². The summed E-state index contributed by atoms with van der Waals surface area (Å²) in [6.07, 6.45) is 4.32. The van der Waals surface area contributed by atoms with E-state index in [9.17, 15) is 9.18 Å². The summed E-state index contributed by atoms with van der Waals surface area (Å²) in [4.78, 5) is 12.5. The van der Waals surface area contributed by atoms with Gasteiger partial charge in [-0.3, -0.25) is 9.48 Å². The Morgan fingerprint density at radius 2 is 2.04 bits per heavy atom. The number of amides is 1. The fraction of sp³-hybridized carbons (Fsp3) is 0.200. The van der Waals surface area contributed by atoms with Crippen LogP contribution in [0.3, 0.4) is 0 Å². The van der Waals surface area contributed by atoms with Crippen LogP contribution < -0.4 is 10.6 Å². The van der Waals surface area contributed by atoms with E-state index in [4.69, 9.17) is 0 Å². The largest absolute Gasteiger partial charge is 0.319 e. The zero-order valence-electron chi connectivity index (χ0n) is 14.2. The smallest absolute Gasteiger partial charge is 0.255 e. The Morgan fingerprint density at radius 3 is 2.88 bits per heavy atom. The van der Waals surface area contributed by atoms with E-state index >= 15 is 0 Å². The molecular weight excluding hydrogens is 331 g/mol. The molecule has 0 fully saturated rings. The third-order valence-electron chi connectivity index (χ3n) is 4.50. The van der Waals surface area contributed by atoms with Crippen LogP contribution in [-0.2, 0) is 19.5 Å². The predicted octanol–water partition coefficient (Wildman–Crippen LogP) is 2.97. The highest BCUT2D eigenvalue weighted by Gasteiger charge is 2.13. The van der Waals surface area contributed by atoms with Crippen molar-refractivity contribution in [2.45, 2.75) is 19.5 Å². The van der Waals surface area contributed by atoms with Crippen LogP contribution in [0.2, 0.25) is 0 Å². The van der Waals surface area contributed by atoms with Crippen LogP contribution in [0.1, 0.15) is 27.0 Å². The molecule has 0 spiro atoms. The summed E-state index contributed by atoms with van der Waals surface area (Å²) in [5.41, 5.74) is 4.70. The van der Waals surface area contributed by atoms with E-state index in [0.717, 1.165) is 25.1 Å². The van der Waals surface area contributed by atoms with Crippen molar-refractivity contribution in [1.82, 2.24) is 15.1 Å². The van der Waals surface area contributed by atoms with Crippen LogP contribution in [0.25, 0.3) is 0 Å². The second-order valence-corrected chi connectivity index (χ2v) is 6.42. The van der Waals surface area contributed by atoms with Crippen LogP contribution in [0.15, 0.2) is 54.9 Å². The standard InChI is InChI=1S/C20H19FN4O/c21-18-5-1-14(2-6-18)12-25-13-19(11-23-25)24-20(26)16-3-4-17-10-22-8-7-15(17)9-16/h1-6,9,11,13,22H,7-8,10,12H2,(H,24,26). The molecule has 1 aliphatic heterocycles. The lowest BCUT2D eigenvalue weighted by Gasteiger charge is -2.17. The maximum atomic E-state index is 13.0. The van der Waals surface area contributed by atoms with Gasteiger partial charge in [0.05, 0.1) is 18.4 Å². The van der Waals surface area contributed by atoms with Crippen LogP contribution >= 0.6 is 0 Å². The number of carbonyl (C=O) groups is 1. The molecule has 0 saturated carbocycles. The molecule has 0 atom stereocenters. The maximum absolute atomic E-state index is 13.0. The van der Waals surface area contributed by atoms with Gasteiger partial charge < -0.3 is 10.6 Å². The van der Waals surface area contributed by atoms with E-state index in [0.29, 0.717) is 17.8 Å². The highest BCUT2D eigenvalue weighted by molar-refractivity contribution is 6.04. The first-order chi connectivity index (χ1) is 12.7. The molecule has 2 aromatic carbocycles. The average molecular weight is 350 g/mol. The Hall–Kier alpha value is -2.99. The number of nitrogens with one attached hydrogen (secondary N) is 2. The van der Waals surface area contributed by atoms with Crippen LogP contribution in [0, 0.1) is 5.82 Å². The summed E-state index contributed by atoms with van der Waals surface area (Å²) in [6.45, 7) is 2.31. The molecule has 26 heavy (non-hydrogen) atoms. The third kappa shape index (κ3) is 3.65. The lowest BCUT2D eigenvalue weighted by atomic mass is 9.98. The minimum absolute atomic E-state index is 0.146. The first-order valence-corrected chi connectivity index (χ1v) is 8.58. The summed E-state index contributed by atoms with van der Waals surface area (Å²) in [5, 5.41) is 10.5. The summed E-state index contributed by atoms with van der Waals surface area (Å²) < 4.78 is 14.7. The molecule has 2 N–H and O–H groups in total. The number of hydrogen-bond donors (Lipinski definition) is 2. The number of anilines is 1. The molecule has 4 rings (SSSR count). The minimum atomic E-state index is -0.261. The van der Waals surface area contributed by atoms with E-state index in [1.165, 1.54) is 23.3 Å².